The average molecular weight is 923 g/mol. The highest BCUT2D eigenvalue weighted by Gasteiger charge is 2.37. The third kappa shape index (κ3) is 8.17. The van der Waals surface area contributed by atoms with Gasteiger partial charge in [-0.2, -0.15) is 0 Å². The Morgan fingerprint density at radius 3 is 1.03 bits per heavy atom. The number of aryl methyl sites for hydroxylation is 1. The van der Waals surface area contributed by atoms with E-state index in [-0.39, 0.29) is 5.41 Å². The summed E-state index contributed by atoms with van der Waals surface area (Å²) in [5, 5.41) is 0. The highest BCUT2D eigenvalue weighted by atomic mass is 15.1. The van der Waals surface area contributed by atoms with Crippen LogP contribution in [0, 0.1) is 6.92 Å². The van der Waals surface area contributed by atoms with Gasteiger partial charge in [-0.25, -0.2) is 0 Å². The van der Waals surface area contributed by atoms with Crippen LogP contribution in [0.25, 0.3) is 66.8 Å². The first-order chi connectivity index (χ1) is 35.4. The van der Waals surface area contributed by atoms with Gasteiger partial charge in [-0.15, -0.1) is 0 Å². The largest absolute Gasteiger partial charge is 0.311 e. The van der Waals surface area contributed by atoms with Crippen LogP contribution in [0.1, 0.15) is 30.5 Å². The zero-order valence-corrected chi connectivity index (χ0v) is 40.9. The maximum Gasteiger partial charge on any atom is 0.0465 e. The molecule has 0 aromatic heterocycles. The summed E-state index contributed by atoms with van der Waals surface area (Å²) in [4.78, 5) is 4.73. The quantitative estimate of drug-likeness (QED) is 0.128. The minimum Gasteiger partial charge on any atom is -0.311 e. The fraction of sp³-hybridized carbons (Fsp3) is 0.0571. The number of anilines is 6. The Balaban J connectivity index is 0.979. The van der Waals surface area contributed by atoms with Gasteiger partial charge < -0.3 is 9.80 Å². The van der Waals surface area contributed by atoms with E-state index in [0.717, 1.165) is 45.3 Å². The summed E-state index contributed by atoms with van der Waals surface area (Å²) in [5.41, 5.74) is 25.1. The highest BCUT2D eigenvalue weighted by Crippen LogP contribution is 2.52. The summed E-state index contributed by atoms with van der Waals surface area (Å²) >= 11 is 0. The average Bonchev–Trinajstić information content (AvgIpc) is 3.68. The van der Waals surface area contributed by atoms with E-state index in [1.807, 2.05) is 0 Å². The fourth-order valence-corrected chi connectivity index (χ4v) is 11.0. The van der Waals surface area contributed by atoms with Crippen molar-refractivity contribution in [2.45, 2.75) is 26.2 Å². The maximum atomic E-state index is 2.43. The van der Waals surface area contributed by atoms with Gasteiger partial charge in [-0.05, 0) is 175 Å². The van der Waals surface area contributed by atoms with E-state index in [4.69, 9.17) is 0 Å². The van der Waals surface area contributed by atoms with Gasteiger partial charge in [0.2, 0.25) is 0 Å². The van der Waals surface area contributed by atoms with Crippen LogP contribution >= 0.6 is 0 Å². The van der Waals surface area contributed by atoms with Crippen molar-refractivity contribution in [1.82, 2.24) is 0 Å². The molecular weight excluding hydrogens is 869 g/mol. The molecule has 12 rings (SSSR count). The normalized spacial score (nSPS) is 12.2. The van der Waals surface area contributed by atoms with Crippen LogP contribution < -0.4 is 9.80 Å². The molecule has 0 N–H and O–H groups in total. The van der Waals surface area contributed by atoms with Gasteiger partial charge in [-0.3, -0.25) is 0 Å². The molecule has 1 aliphatic carbocycles. The van der Waals surface area contributed by atoms with Gasteiger partial charge in [0.15, 0.2) is 0 Å². The molecule has 72 heavy (non-hydrogen) atoms. The molecule has 0 amide bonds. The summed E-state index contributed by atoms with van der Waals surface area (Å²) in [7, 11) is 0. The van der Waals surface area contributed by atoms with E-state index < -0.39 is 0 Å². The molecule has 0 saturated heterocycles. The maximum absolute atomic E-state index is 2.43. The van der Waals surface area contributed by atoms with Gasteiger partial charge >= 0.3 is 0 Å². The molecule has 0 saturated carbocycles. The molecule has 0 unspecified atom stereocenters. The highest BCUT2D eigenvalue weighted by molar-refractivity contribution is 5.96. The molecule has 0 fully saturated rings. The minimum atomic E-state index is -0.136. The third-order valence-electron chi connectivity index (χ3n) is 14.6. The van der Waals surface area contributed by atoms with E-state index in [1.165, 1.54) is 72.3 Å². The Morgan fingerprint density at radius 1 is 0.250 bits per heavy atom. The lowest BCUT2D eigenvalue weighted by Crippen LogP contribution is -2.16. The van der Waals surface area contributed by atoms with Crippen molar-refractivity contribution in [3.63, 3.8) is 0 Å². The molecule has 344 valence electrons. The Bertz CT molecular complexity index is 3620. The lowest BCUT2D eigenvalue weighted by atomic mass is 9.82. The molecule has 2 heteroatoms. The topological polar surface area (TPSA) is 6.48 Å². The van der Waals surface area contributed by atoms with Crippen molar-refractivity contribution in [2.75, 3.05) is 9.80 Å². The van der Waals surface area contributed by atoms with Crippen molar-refractivity contribution >= 4 is 34.1 Å². The van der Waals surface area contributed by atoms with E-state index in [9.17, 15) is 0 Å². The first-order valence-corrected chi connectivity index (χ1v) is 25.0. The van der Waals surface area contributed by atoms with E-state index in [2.05, 4.69) is 304 Å². The second-order valence-corrected chi connectivity index (χ2v) is 19.4. The van der Waals surface area contributed by atoms with Crippen LogP contribution in [0.3, 0.4) is 0 Å². The number of nitrogens with zero attached hydrogens (tertiary/aromatic N) is 2. The molecular formula is C70H54N2. The number of fused-ring (bicyclic) bond motifs is 3. The monoisotopic (exact) mass is 922 g/mol. The minimum absolute atomic E-state index is 0.136. The van der Waals surface area contributed by atoms with Gasteiger partial charge in [0, 0.05) is 39.5 Å². The summed E-state index contributed by atoms with van der Waals surface area (Å²) in [6.45, 7) is 6.98. The molecule has 0 bridgehead atoms. The molecule has 1 aliphatic rings. The predicted octanol–water partition coefficient (Wildman–Crippen LogP) is 19.6. The van der Waals surface area contributed by atoms with Crippen LogP contribution in [0.4, 0.5) is 34.1 Å². The fourth-order valence-electron chi connectivity index (χ4n) is 11.0. The Labute approximate surface area is 424 Å². The predicted molar refractivity (Wildman–Crippen MR) is 305 cm³/mol. The van der Waals surface area contributed by atoms with Crippen molar-refractivity contribution in [3.05, 3.63) is 290 Å². The first kappa shape index (κ1) is 44.2. The summed E-state index contributed by atoms with van der Waals surface area (Å²) in [6.07, 6.45) is 0. The van der Waals surface area contributed by atoms with E-state index in [0.29, 0.717) is 0 Å². The van der Waals surface area contributed by atoms with Crippen molar-refractivity contribution in [2.24, 2.45) is 0 Å². The number of benzene rings is 11. The Hall–Kier alpha value is -8.98. The number of rotatable bonds is 11. The van der Waals surface area contributed by atoms with Crippen molar-refractivity contribution < 1.29 is 0 Å². The van der Waals surface area contributed by atoms with Gasteiger partial charge in [0.05, 0.1) is 0 Å². The first-order valence-electron chi connectivity index (χ1n) is 25.0. The van der Waals surface area contributed by atoms with Crippen LogP contribution in [0.15, 0.2) is 273 Å². The van der Waals surface area contributed by atoms with Gasteiger partial charge in [0.1, 0.15) is 0 Å². The van der Waals surface area contributed by atoms with Crippen LogP contribution in [-0.4, -0.2) is 0 Å². The van der Waals surface area contributed by atoms with Gasteiger partial charge in [-0.1, -0.05) is 202 Å². The molecule has 2 nitrogen and oxygen atoms in total. The second kappa shape index (κ2) is 18.7. The number of hydrogen-bond acceptors (Lipinski definition) is 2. The van der Waals surface area contributed by atoms with Crippen LogP contribution in [0.5, 0.6) is 0 Å². The molecule has 0 spiro atoms. The summed E-state index contributed by atoms with van der Waals surface area (Å²) in [6, 6.07) is 99.5. The standard InChI is InChI=1S/C70H54N2/c1-49-20-19-31-67-69(49)62-45-44-61(46-68(62)70(67,2)3)72(59-38-32-51(33-39-59)50-21-9-4-10-22-50)60-42-36-55(37-43-60)66-48-63(52-23-11-5-12-24-52)65(47-64(66)53-25-13-6-14-26-53)54-34-40-58(41-35-54)71(56-27-15-7-16-28-56)57-29-17-8-18-30-57/h4-48H,1-3H3. The van der Waals surface area contributed by atoms with Crippen LogP contribution in [0.2, 0.25) is 0 Å². The number of hydrogen-bond donors (Lipinski definition) is 0. The van der Waals surface area contributed by atoms with E-state index >= 15 is 0 Å². The van der Waals surface area contributed by atoms with Crippen LogP contribution in [-0.2, 0) is 5.41 Å². The summed E-state index contributed by atoms with van der Waals surface area (Å²) < 4.78 is 0. The van der Waals surface area contributed by atoms with Crippen molar-refractivity contribution in [1.29, 1.82) is 0 Å². The smallest absolute Gasteiger partial charge is 0.0465 e. The Morgan fingerprint density at radius 2 is 0.583 bits per heavy atom. The molecule has 0 radical (unpaired) electrons. The summed E-state index contributed by atoms with van der Waals surface area (Å²) in [5.74, 6) is 0. The molecule has 11 aromatic carbocycles. The Kier molecular flexibility index (Phi) is 11.5. The zero-order chi connectivity index (χ0) is 48.6. The molecule has 0 aliphatic heterocycles. The molecule has 11 aromatic rings. The van der Waals surface area contributed by atoms with E-state index in [1.54, 1.807) is 0 Å². The lowest BCUT2D eigenvalue weighted by Gasteiger charge is -2.28. The number of para-hydroxylation sites is 2. The molecule has 0 atom stereocenters. The lowest BCUT2D eigenvalue weighted by molar-refractivity contribution is 0.660. The zero-order valence-electron chi connectivity index (χ0n) is 40.9. The SMILES string of the molecule is Cc1cccc2c1-c1ccc(N(c3ccc(-c4ccccc4)cc3)c3ccc(-c4cc(-c5ccccc5)c(-c5ccc(N(c6ccccc6)c6ccccc6)cc5)cc4-c4ccccc4)cc3)cc1C2(C)C. The van der Waals surface area contributed by atoms with Gasteiger partial charge in [0.25, 0.3) is 0 Å². The molecule has 0 heterocycles. The van der Waals surface area contributed by atoms with Crippen molar-refractivity contribution in [3.8, 4) is 66.8 Å². The second-order valence-electron chi connectivity index (χ2n) is 19.4. The third-order valence-corrected chi connectivity index (χ3v) is 14.6.